The van der Waals surface area contributed by atoms with Crippen molar-refractivity contribution in [2.75, 3.05) is 21.3 Å². The summed E-state index contributed by atoms with van der Waals surface area (Å²) in [6.07, 6.45) is 7.76. The molecule has 0 radical (unpaired) electrons. The van der Waals surface area contributed by atoms with Crippen LogP contribution in [0.5, 0.6) is 11.6 Å². The molecule has 3 aromatic heterocycles. The molecule has 39 heavy (non-hydrogen) atoms. The van der Waals surface area contributed by atoms with Crippen LogP contribution in [0, 0.1) is 5.82 Å². The molecule has 0 bridgehead atoms. The molecule has 0 spiro atoms. The van der Waals surface area contributed by atoms with E-state index in [1.54, 1.807) is 50.9 Å². The zero-order chi connectivity index (χ0) is 28.2. The Balaban J connectivity index is 0.000000272. The van der Waals surface area contributed by atoms with E-state index in [2.05, 4.69) is 25.4 Å². The number of halogens is 1. The largest absolute Gasteiger partial charge is 0.491 e. The van der Waals surface area contributed by atoms with E-state index in [0.29, 0.717) is 45.2 Å². The van der Waals surface area contributed by atoms with Crippen molar-refractivity contribution in [2.45, 2.75) is 20.4 Å². The second-order valence-electron chi connectivity index (χ2n) is 8.13. The summed E-state index contributed by atoms with van der Waals surface area (Å²) in [5.74, 6) is 1.21. The SMILES string of the molecule is CC=N/C=C(C)\C=C\c1cc(C=O)c2c(-c3ccc(F)cc3)onc2n1.CNCc1ccc(OC)c(OC)n1. The van der Waals surface area contributed by atoms with Gasteiger partial charge in [0.2, 0.25) is 5.65 Å². The van der Waals surface area contributed by atoms with Crippen molar-refractivity contribution in [3.8, 4) is 23.0 Å². The summed E-state index contributed by atoms with van der Waals surface area (Å²) >= 11 is 0. The van der Waals surface area contributed by atoms with Crippen LogP contribution in [0.1, 0.15) is 35.6 Å². The lowest BCUT2D eigenvalue weighted by atomic mass is 10.1. The number of methoxy groups -OCH3 is 2. The highest BCUT2D eigenvalue weighted by Gasteiger charge is 2.17. The summed E-state index contributed by atoms with van der Waals surface area (Å²) < 4.78 is 28.6. The zero-order valence-corrected chi connectivity index (χ0v) is 22.4. The van der Waals surface area contributed by atoms with Crippen LogP contribution in [0.4, 0.5) is 4.39 Å². The van der Waals surface area contributed by atoms with E-state index in [9.17, 15) is 9.18 Å². The first-order valence-electron chi connectivity index (χ1n) is 12.0. The van der Waals surface area contributed by atoms with E-state index >= 15 is 0 Å². The predicted molar refractivity (Wildman–Crippen MR) is 150 cm³/mol. The average Bonchev–Trinajstić information content (AvgIpc) is 3.39. The number of carbonyl (C=O) groups is 1. The van der Waals surface area contributed by atoms with Crippen LogP contribution in [-0.2, 0) is 6.54 Å². The lowest BCUT2D eigenvalue weighted by Crippen LogP contribution is -2.07. The monoisotopic (exact) mass is 531 g/mol. The second-order valence-corrected chi connectivity index (χ2v) is 8.13. The molecule has 1 N–H and O–H groups in total. The molecular formula is C29H30FN5O4. The first-order chi connectivity index (χ1) is 18.9. The number of nitrogens with zero attached hydrogens (tertiary/aromatic N) is 4. The third-order valence-corrected chi connectivity index (χ3v) is 5.33. The molecule has 0 aliphatic carbocycles. The van der Waals surface area contributed by atoms with Gasteiger partial charge in [-0.15, -0.1) is 0 Å². The van der Waals surface area contributed by atoms with E-state index in [0.717, 1.165) is 24.1 Å². The van der Waals surface area contributed by atoms with E-state index in [1.165, 1.54) is 12.1 Å². The normalized spacial score (nSPS) is 11.6. The number of nitrogens with one attached hydrogen (secondary N) is 1. The number of fused-ring (bicyclic) bond motifs is 1. The van der Waals surface area contributed by atoms with Gasteiger partial charge in [-0.2, -0.15) is 0 Å². The van der Waals surface area contributed by atoms with Crippen molar-refractivity contribution in [3.05, 3.63) is 83.1 Å². The number of aliphatic imine (C=N–C) groups is 1. The number of aromatic nitrogens is 3. The van der Waals surface area contributed by atoms with E-state index < -0.39 is 0 Å². The van der Waals surface area contributed by atoms with Gasteiger partial charge in [-0.3, -0.25) is 9.79 Å². The summed E-state index contributed by atoms with van der Waals surface area (Å²) in [6, 6.07) is 11.2. The van der Waals surface area contributed by atoms with Crippen molar-refractivity contribution in [3.63, 3.8) is 0 Å². The van der Waals surface area contributed by atoms with Gasteiger partial charge in [-0.05, 0) is 75.0 Å². The highest BCUT2D eigenvalue weighted by molar-refractivity contribution is 6.02. The molecule has 0 aliphatic heterocycles. The van der Waals surface area contributed by atoms with Crippen LogP contribution in [0.15, 0.2) is 69.8 Å². The number of pyridine rings is 2. The van der Waals surface area contributed by atoms with Gasteiger partial charge in [0.05, 0.1) is 31.0 Å². The number of ether oxygens (including phenoxy) is 2. The van der Waals surface area contributed by atoms with Gasteiger partial charge in [0.25, 0.3) is 5.88 Å². The molecule has 4 aromatic rings. The molecule has 0 aliphatic rings. The number of rotatable bonds is 9. The van der Waals surface area contributed by atoms with Crippen LogP contribution in [0.25, 0.3) is 28.4 Å². The summed E-state index contributed by atoms with van der Waals surface area (Å²) in [5, 5.41) is 7.47. The fourth-order valence-corrected chi connectivity index (χ4v) is 3.48. The Hall–Kier alpha value is -4.70. The molecule has 0 saturated heterocycles. The van der Waals surface area contributed by atoms with E-state index in [4.69, 9.17) is 14.0 Å². The highest BCUT2D eigenvalue weighted by atomic mass is 19.1. The summed E-state index contributed by atoms with van der Waals surface area (Å²) in [7, 11) is 5.05. The minimum atomic E-state index is -0.352. The molecule has 0 fully saturated rings. The Morgan fingerprint density at radius 2 is 1.90 bits per heavy atom. The van der Waals surface area contributed by atoms with Gasteiger partial charge < -0.3 is 19.3 Å². The van der Waals surface area contributed by atoms with E-state index in [-0.39, 0.29) is 5.82 Å². The van der Waals surface area contributed by atoms with Crippen LogP contribution in [-0.4, -0.2) is 48.9 Å². The Morgan fingerprint density at radius 3 is 2.54 bits per heavy atom. The maximum Gasteiger partial charge on any atom is 0.257 e. The third kappa shape index (κ3) is 7.65. The fraction of sp³-hybridized carbons (Fsp3) is 0.207. The van der Waals surface area contributed by atoms with Gasteiger partial charge in [-0.25, -0.2) is 14.4 Å². The maximum absolute atomic E-state index is 13.1. The van der Waals surface area contributed by atoms with Crippen LogP contribution in [0.2, 0.25) is 0 Å². The minimum absolute atomic E-state index is 0.321. The second kappa shape index (κ2) is 14.3. The molecular weight excluding hydrogens is 501 g/mol. The summed E-state index contributed by atoms with van der Waals surface area (Å²) in [5.41, 5.74) is 3.79. The predicted octanol–water partition coefficient (Wildman–Crippen LogP) is 5.67. The van der Waals surface area contributed by atoms with Crippen LogP contribution < -0.4 is 14.8 Å². The molecule has 9 nitrogen and oxygen atoms in total. The van der Waals surface area contributed by atoms with Gasteiger partial charge in [0.1, 0.15) is 5.82 Å². The molecule has 0 atom stereocenters. The highest BCUT2D eigenvalue weighted by Crippen LogP contribution is 2.30. The first kappa shape index (κ1) is 28.9. The standard InChI is InChI=1S/C20H16FN3O2.C9H14N2O2/c1-3-22-11-13(2)4-9-17-10-15(12-25)18-19(26-24-20(18)23-17)14-5-7-16(21)8-6-14;1-10-6-7-4-5-8(12-2)9(11-7)13-3/h3-12H,1-2H3;4-5,10H,6H2,1-3H3/b9-4+,13-11-,22-3?;. The lowest BCUT2D eigenvalue weighted by molar-refractivity contribution is 0.112. The van der Waals surface area contributed by atoms with E-state index in [1.807, 2.05) is 39.1 Å². The molecule has 4 rings (SSSR count). The molecule has 0 saturated carbocycles. The summed E-state index contributed by atoms with van der Waals surface area (Å²) in [6.45, 7) is 4.47. The van der Waals surface area contributed by atoms with Gasteiger partial charge in [-0.1, -0.05) is 11.2 Å². The molecule has 0 amide bonds. The topological polar surface area (TPSA) is 112 Å². The number of hydrogen-bond donors (Lipinski definition) is 1. The van der Waals surface area contributed by atoms with Crippen molar-refractivity contribution in [1.82, 2.24) is 20.4 Å². The van der Waals surface area contributed by atoms with Crippen molar-refractivity contribution in [2.24, 2.45) is 4.99 Å². The van der Waals surface area contributed by atoms with Crippen LogP contribution in [0.3, 0.4) is 0 Å². The number of allylic oxidation sites excluding steroid dienone is 2. The Kier molecular flexibility index (Phi) is 10.6. The Bertz CT molecular complexity index is 1490. The first-order valence-corrected chi connectivity index (χ1v) is 12.0. The summed E-state index contributed by atoms with van der Waals surface area (Å²) in [4.78, 5) is 24.3. The Morgan fingerprint density at radius 1 is 1.13 bits per heavy atom. The lowest BCUT2D eigenvalue weighted by Gasteiger charge is -2.07. The minimum Gasteiger partial charge on any atom is -0.491 e. The average molecular weight is 532 g/mol. The van der Waals surface area contributed by atoms with Crippen molar-refractivity contribution >= 4 is 29.6 Å². The molecule has 10 heteroatoms. The van der Waals surface area contributed by atoms with Gasteiger partial charge in [0.15, 0.2) is 17.8 Å². The Labute approximate surface area is 226 Å². The number of hydrogen-bond acceptors (Lipinski definition) is 9. The van der Waals surface area contributed by atoms with Crippen molar-refractivity contribution < 1.29 is 23.2 Å². The molecule has 3 heterocycles. The third-order valence-electron chi connectivity index (χ3n) is 5.33. The fourth-order valence-electron chi connectivity index (χ4n) is 3.48. The molecule has 202 valence electrons. The van der Waals surface area contributed by atoms with Gasteiger partial charge in [0, 0.05) is 30.1 Å². The zero-order valence-electron chi connectivity index (χ0n) is 22.4. The maximum atomic E-state index is 13.1. The number of carbonyl (C=O) groups excluding carboxylic acids is 1. The number of aldehydes is 1. The smallest absolute Gasteiger partial charge is 0.257 e. The quantitative estimate of drug-likeness (QED) is 0.167. The molecule has 0 unspecified atom stereocenters. The van der Waals surface area contributed by atoms with Crippen molar-refractivity contribution in [1.29, 1.82) is 0 Å². The number of benzene rings is 1. The van der Waals surface area contributed by atoms with Gasteiger partial charge >= 0.3 is 0 Å². The van der Waals surface area contributed by atoms with Crippen LogP contribution >= 0.6 is 0 Å². The molecule has 1 aromatic carbocycles.